The minimum atomic E-state index is -0.495. The molecule has 0 radical (unpaired) electrons. The van der Waals surface area contributed by atoms with E-state index in [0.717, 1.165) is 12.8 Å². The largest absolute Gasteiger partial charge is 0.450 e. The van der Waals surface area contributed by atoms with Crippen LogP contribution in [0.2, 0.25) is 0 Å². The minimum absolute atomic E-state index is 0.232. The van der Waals surface area contributed by atoms with Gasteiger partial charge in [0.25, 0.3) is 0 Å². The Balaban J connectivity index is 2.42. The Morgan fingerprint density at radius 3 is 2.20 bits per heavy atom. The molecule has 0 saturated carbocycles. The summed E-state index contributed by atoms with van der Waals surface area (Å²) in [5, 5.41) is 8.04. The molecule has 6 nitrogen and oxygen atoms in total. The number of hydrogen-bond donors (Lipinski definition) is 3. The van der Waals surface area contributed by atoms with Crippen LogP contribution in [0.1, 0.15) is 26.7 Å². The van der Waals surface area contributed by atoms with Crippen molar-refractivity contribution in [2.24, 2.45) is 0 Å². The van der Waals surface area contributed by atoms with Gasteiger partial charge in [0.1, 0.15) is 0 Å². The molecule has 1 aromatic rings. The van der Waals surface area contributed by atoms with Gasteiger partial charge in [0.2, 0.25) is 0 Å². The van der Waals surface area contributed by atoms with E-state index < -0.39 is 6.09 Å². The molecule has 0 aromatic heterocycles. The second-order valence-corrected chi connectivity index (χ2v) is 4.16. The summed E-state index contributed by atoms with van der Waals surface area (Å²) < 4.78 is 4.77. The van der Waals surface area contributed by atoms with Crippen molar-refractivity contribution in [3.8, 4) is 0 Å². The molecule has 20 heavy (non-hydrogen) atoms. The lowest BCUT2D eigenvalue weighted by molar-refractivity contribution is 0.168. The lowest BCUT2D eigenvalue weighted by Gasteiger charge is -2.08. The third-order valence-corrected chi connectivity index (χ3v) is 2.48. The third-order valence-electron chi connectivity index (χ3n) is 2.48. The smallest absolute Gasteiger partial charge is 0.411 e. The van der Waals surface area contributed by atoms with Gasteiger partial charge < -0.3 is 15.4 Å². The van der Waals surface area contributed by atoms with Crippen molar-refractivity contribution in [3.63, 3.8) is 0 Å². The molecule has 3 N–H and O–H groups in total. The first-order valence-corrected chi connectivity index (χ1v) is 6.74. The van der Waals surface area contributed by atoms with Crippen LogP contribution in [0.4, 0.5) is 21.0 Å². The van der Waals surface area contributed by atoms with Gasteiger partial charge in [-0.05, 0) is 37.6 Å². The Bertz CT molecular complexity index is 432. The van der Waals surface area contributed by atoms with E-state index in [0.29, 0.717) is 24.5 Å². The summed E-state index contributed by atoms with van der Waals surface area (Å²) in [5.41, 5.74) is 1.27. The Labute approximate surface area is 118 Å². The van der Waals surface area contributed by atoms with Crippen molar-refractivity contribution in [3.05, 3.63) is 24.3 Å². The highest BCUT2D eigenvalue weighted by atomic mass is 16.5. The van der Waals surface area contributed by atoms with Crippen molar-refractivity contribution in [2.75, 3.05) is 23.8 Å². The van der Waals surface area contributed by atoms with Gasteiger partial charge in [-0.25, -0.2) is 9.59 Å². The van der Waals surface area contributed by atoms with Crippen LogP contribution in [0.3, 0.4) is 0 Å². The van der Waals surface area contributed by atoms with Gasteiger partial charge in [0, 0.05) is 17.9 Å². The quantitative estimate of drug-likeness (QED) is 0.700. The number of rotatable bonds is 6. The van der Waals surface area contributed by atoms with Crippen LogP contribution in [-0.4, -0.2) is 25.3 Å². The molecule has 1 rings (SSSR count). The first kappa shape index (κ1) is 15.8. The maximum atomic E-state index is 11.5. The molecule has 0 aliphatic heterocycles. The van der Waals surface area contributed by atoms with E-state index in [1.54, 1.807) is 31.2 Å². The van der Waals surface area contributed by atoms with Crippen LogP contribution < -0.4 is 16.0 Å². The number of anilines is 2. The van der Waals surface area contributed by atoms with E-state index in [1.165, 1.54) is 0 Å². The van der Waals surface area contributed by atoms with Gasteiger partial charge in [0.15, 0.2) is 0 Å². The summed E-state index contributed by atoms with van der Waals surface area (Å²) in [5.74, 6) is 0. The monoisotopic (exact) mass is 279 g/mol. The fourth-order valence-corrected chi connectivity index (χ4v) is 1.48. The number of benzene rings is 1. The molecule has 1 aromatic carbocycles. The molecule has 0 heterocycles. The molecule has 3 amide bonds. The van der Waals surface area contributed by atoms with Crippen molar-refractivity contribution >= 4 is 23.5 Å². The molecule has 0 aliphatic rings. The van der Waals surface area contributed by atoms with Gasteiger partial charge in [0.05, 0.1) is 6.61 Å². The number of carbonyl (C=O) groups excluding carboxylic acids is 2. The second kappa shape index (κ2) is 8.79. The molecule has 0 bridgehead atoms. The maximum Gasteiger partial charge on any atom is 0.411 e. The standard InChI is InChI=1S/C14H21N3O3/c1-3-5-10-15-13(18)16-11-6-8-12(9-7-11)17-14(19)20-4-2/h6-9H,3-5,10H2,1-2H3,(H,17,19)(H2,15,16,18). The summed E-state index contributed by atoms with van der Waals surface area (Å²) in [7, 11) is 0. The Morgan fingerprint density at radius 2 is 1.65 bits per heavy atom. The van der Waals surface area contributed by atoms with E-state index >= 15 is 0 Å². The number of urea groups is 1. The normalized spacial score (nSPS) is 9.70. The topological polar surface area (TPSA) is 79.5 Å². The van der Waals surface area contributed by atoms with E-state index in [-0.39, 0.29) is 6.03 Å². The summed E-state index contributed by atoms with van der Waals surface area (Å²) in [6.07, 6.45) is 1.50. The molecule has 0 atom stereocenters. The molecular formula is C14H21N3O3. The number of nitrogens with one attached hydrogen (secondary N) is 3. The first-order valence-electron chi connectivity index (χ1n) is 6.74. The molecule has 0 unspecified atom stereocenters. The van der Waals surface area contributed by atoms with E-state index in [1.807, 2.05) is 0 Å². The average Bonchev–Trinajstić information content (AvgIpc) is 2.41. The lowest BCUT2D eigenvalue weighted by atomic mass is 10.3. The second-order valence-electron chi connectivity index (χ2n) is 4.16. The van der Waals surface area contributed by atoms with Crippen LogP contribution in [0.25, 0.3) is 0 Å². The summed E-state index contributed by atoms with van der Waals surface area (Å²) in [6, 6.07) is 6.57. The summed E-state index contributed by atoms with van der Waals surface area (Å²) in [6.45, 7) is 4.78. The highest BCUT2D eigenvalue weighted by Crippen LogP contribution is 2.13. The van der Waals surface area contributed by atoms with Gasteiger partial charge in [-0.3, -0.25) is 5.32 Å². The van der Waals surface area contributed by atoms with Gasteiger partial charge in [-0.2, -0.15) is 0 Å². The molecule has 0 fully saturated rings. The molecule has 0 spiro atoms. The van der Waals surface area contributed by atoms with Crippen LogP contribution >= 0.6 is 0 Å². The van der Waals surface area contributed by atoms with Gasteiger partial charge in [-0.15, -0.1) is 0 Å². The van der Waals surface area contributed by atoms with Crippen molar-refractivity contribution in [1.29, 1.82) is 0 Å². The van der Waals surface area contributed by atoms with Crippen LogP contribution in [0.15, 0.2) is 24.3 Å². The highest BCUT2D eigenvalue weighted by Gasteiger charge is 2.03. The zero-order chi connectivity index (χ0) is 14.8. The number of amides is 3. The molecule has 6 heteroatoms. The Morgan fingerprint density at radius 1 is 1.05 bits per heavy atom. The fourth-order valence-electron chi connectivity index (χ4n) is 1.48. The van der Waals surface area contributed by atoms with Gasteiger partial charge >= 0.3 is 12.1 Å². The zero-order valence-corrected chi connectivity index (χ0v) is 11.9. The third kappa shape index (κ3) is 6.08. The Kier molecular flexibility index (Phi) is 6.95. The van der Waals surface area contributed by atoms with Crippen molar-refractivity contribution in [1.82, 2.24) is 5.32 Å². The predicted octanol–water partition coefficient (Wildman–Crippen LogP) is 3.18. The summed E-state index contributed by atoms with van der Waals surface area (Å²) >= 11 is 0. The average molecular weight is 279 g/mol. The molecular weight excluding hydrogens is 258 g/mol. The SMILES string of the molecule is CCCCNC(=O)Nc1ccc(NC(=O)OCC)cc1. The van der Waals surface area contributed by atoms with Crippen molar-refractivity contribution in [2.45, 2.75) is 26.7 Å². The maximum absolute atomic E-state index is 11.5. The van der Waals surface area contributed by atoms with Crippen LogP contribution in [0.5, 0.6) is 0 Å². The van der Waals surface area contributed by atoms with E-state index in [9.17, 15) is 9.59 Å². The number of ether oxygens (including phenoxy) is 1. The van der Waals surface area contributed by atoms with E-state index in [4.69, 9.17) is 4.74 Å². The Hall–Kier alpha value is -2.24. The minimum Gasteiger partial charge on any atom is -0.450 e. The summed E-state index contributed by atoms with van der Waals surface area (Å²) in [4.78, 5) is 22.7. The number of carbonyl (C=O) groups is 2. The van der Waals surface area contributed by atoms with E-state index in [2.05, 4.69) is 22.9 Å². The number of hydrogen-bond acceptors (Lipinski definition) is 3. The van der Waals surface area contributed by atoms with Gasteiger partial charge in [-0.1, -0.05) is 13.3 Å². The molecule has 110 valence electrons. The van der Waals surface area contributed by atoms with Crippen LogP contribution in [-0.2, 0) is 4.74 Å². The number of unbranched alkanes of at least 4 members (excludes halogenated alkanes) is 1. The highest BCUT2D eigenvalue weighted by molar-refractivity contribution is 5.90. The predicted molar refractivity (Wildman–Crippen MR) is 79.0 cm³/mol. The van der Waals surface area contributed by atoms with Crippen LogP contribution in [0, 0.1) is 0 Å². The molecule has 0 saturated heterocycles. The van der Waals surface area contributed by atoms with Crippen molar-refractivity contribution < 1.29 is 14.3 Å². The zero-order valence-electron chi connectivity index (χ0n) is 11.9. The lowest BCUT2D eigenvalue weighted by Crippen LogP contribution is -2.29. The fraction of sp³-hybridized carbons (Fsp3) is 0.429. The first-order chi connectivity index (χ1) is 9.65. The molecule has 0 aliphatic carbocycles.